The molecule has 0 amide bonds. The third kappa shape index (κ3) is 3.13. The summed E-state index contributed by atoms with van der Waals surface area (Å²) in [7, 11) is -3.68. The van der Waals surface area contributed by atoms with Crippen molar-refractivity contribution in [3.8, 4) is 0 Å². The van der Waals surface area contributed by atoms with Gasteiger partial charge in [0.05, 0.1) is 11.4 Å². The van der Waals surface area contributed by atoms with E-state index in [1.807, 2.05) is 6.92 Å². The largest absolute Gasteiger partial charge is 0.359 e. The number of rotatable bonds is 5. The lowest BCUT2D eigenvalue weighted by molar-refractivity contribution is -0.808. The van der Waals surface area contributed by atoms with Gasteiger partial charge in [0.1, 0.15) is 0 Å². The summed E-state index contributed by atoms with van der Waals surface area (Å²) in [5.41, 5.74) is 4.02. The molecule has 0 atom stereocenters. The molecule has 0 aliphatic rings. The van der Waals surface area contributed by atoms with E-state index in [9.17, 15) is 13.6 Å². The summed E-state index contributed by atoms with van der Waals surface area (Å²) in [6, 6.07) is 6.39. The minimum Gasteiger partial charge on any atom is -0.359 e. The average Bonchev–Trinajstić information content (AvgIpc) is 2.71. The Labute approximate surface area is 116 Å². The van der Waals surface area contributed by atoms with Crippen molar-refractivity contribution < 1.29 is 17.9 Å². The maximum absolute atomic E-state index is 11.9. The number of hydrogen-bond donors (Lipinski definition) is 2. The van der Waals surface area contributed by atoms with Gasteiger partial charge >= 0.3 is 0 Å². The predicted octanol–water partition coefficient (Wildman–Crippen LogP) is -0.0921. The molecule has 8 nitrogen and oxygen atoms in total. The fourth-order valence-electron chi connectivity index (χ4n) is 1.52. The highest BCUT2D eigenvalue weighted by molar-refractivity contribution is 7.89. The van der Waals surface area contributed by atoms with E-state index in [4.69, 9.17) is 0 Å². The molecule has 0 aliphatic heterocycles. The molecule has 1 aromatic heterocycles. The Morgan fingerprint density at radius 1 is 1.30 bits per heavy atom. The quantitative estimate of drug-likeness (QED) is 0.589. The molecular formula is C11H14N4O4S. The van der Waals surface area contributed by atoms with Crippen molar-refractivity contribution in [3.63, 3.8) is 0 Å². The second kappa shape index (κ2) is 5.57. The second-order valence-electron chi connectivity index (χ2n) is 4.23. The molecule has 0 bridgehead atoms. The molecular weight excluding hydrogens is 284 g/mol. The van der Waals surface area contributed by atoms with E-state index >= 15 is 0 Å². The zero-order valence-corrected chi connectivity index (χ0v) is 11.8. The fourth-order valence-corrected chi connectivity index (χ4v) is 2.39. The first-order chi connectivity index (χ1) is 9.40. The Morgan fingerprint density at radius 2 is 1.95 bits per heavy atom. The van der Waals surface area contributed by atoms with Crippen molar-refractivity contribution in [3.05, 3.63) is 46.4 Å². The standard InChI is InChI=1S/C11H14N4O4S/c1-8-3-5-10(6-4-8)20(17,18)14-12-7-11-9(2)13-19-15(11)16/h3-6,12,14H,7H2,1-2H3. The Hall–Kier alpha value is -1.97. The molecule has 0 radical (unpaired) electrons. The van der Waals surface area contributed by atoms with Crippen molar-refractivity contribution in [2.45, 2.75) is 25.3 Å². The smallest absolute Gasteiger partial charge is 0.253 e. The molecule has 9 heteroatoms. The average molecular weight is 298 g/mol. The van der Waals surface area contributed by atoms with Crippen LogP contribution in [0.2, 0.25) is 0 Å². The molecule has 2 aromatic rings. The normalized spacial score (nSPS) is 11.7. The fraction of sp³-hybridized carbons (Fsp3) is 0.273. The molecule has 1 heterocycles. The molecule has 2 rings (SSSR count). The number of aromatic nitrogens is 2. The van der Waals surface area contributed by atoms with Crippen LogP contribution in [0.4, 0.5) is 0 Å². The minimum atomic E-state index is -3.68. The molecule has 0 saturated carbocycles. The third-order valence-corrected chi connectivity index (χ3v) is 3.99. The van der Waals surface area contributed by atoms with E-state index in [-0.39, 0.29) is 22.0 Å². The molecule has 0 fully saturated rings. The van der Waals surface area contributed by atoms with Gasteiger partial charge in [-0.1, -0.05) is 17.7 Å². The number of aryl methyl sites for hydroxylation is 2. The van der Waals surface area contributed by atoms with Crippen molar-refractivity contribution in [2.24, 2.45) is 0 Å². The van der Waals surface area contributed by atoms with E-state index < -0.39 is 10.0 Å². The summed E-state index contributed by atoms with van der Waals surface area (Å²) in [5.74, 6) is 0. The van der Waals surface area contributed by atoms with Gasteiger partial charge in [0, 0.05) is 12.1 Å². The summed E-state index contributed by atoms with van der Waals surface area (Å²) in [6.45, 7) is 3.41. The maximum Gasteiger partial charge on any atom is 0.253 e. The summed E-state index contributed by atoms with van der Waals surface area (Å²) in [5, 5.41) is 14.6. The Kier molecular flexibility index (Phi) is 4.02. The first-order valence-corrected chi connectivity index (χ1v) is 7.25. The minimum absolute atomic E-state index is 0.0378. The molecule has 0 saturated heterocycles. The summed E-state index contributed by atoms with van der Waals surface area (Å²) < 4.78 is 28.3. The molecule has 108 valence electrons. The summed E-state index contributed by atoms with van der Waals surface area (Å²) in [4.78, 5) is 2.54. The van der Waals surface area contributed by atoms with Crippen LogP contribution in [0.25, 0.3) is 0 Å². The number of sulfonamides is 1. The van der Waals surface area contributed by atoms with Gasteiger partial charge in [-0.15, -0.1) is 4.83 Å². The molecule has 20 heavy (non-hydrogen) atoms. The molecule has 0 unspecified atom stereocenters. The van der Waals surface area contributed by atoms with Crippen molar-refractivity contribution in [1.29, 1.82) is 0 Å². The number of nitrogens with zero attached hydrogens (tertiary/aromatic N) is 2. The number of hydrogen-bond acceptors (Lipinski definition) is 6. The number of nitrogens with one attached hydrogen (secondary N) is 2. The van der Waals surface area contributed by atoms with Gasteiger partial charge in [-0.25, -0.2) is 13.8 Å². The van der Waals surface area contributed by atoms with Crippen LogP contribution in [0.15, 0.2) is 33.8 Å². The lowest BCUT2D eigenvalue weighted by atomic mass is 10.2. The van der Waals surface area contributed by atoms with E-state index in [1.165, 1.54) is 12.1 Å². The van der Waals surface area contributed by atoms with Crippen LogP contribution in [-0.2, 0) is 16.6 Å². The molecule has 0 aliphatic carbocycles. The first-order valence-electron chi connectivity index (χ1n) is 5.76. The number of hydrazine groups is 1. The maximum atomic E-state index is 11.9. The van der Waals surface area contributed by atoms with Gasteiger partial charge in [0.2, 0.25) is 11.4 Å². The van der Waals surface area contributed by atoms with E-state index in [1.54, 1.807) is 19.1 Å². The Balaban J connectivity index is 2.01. The van der Waals surface area contributed by atoms with E-state index in [0.29, 0.717) is 5.69 Å². The van der Waals surface area contributed by atoms with Crippen molar-refractivity contribution in [2.75, 3.05) is 0 Å². The number of benzene rings is 1. The lowest BCUT2D eigenvalue weighted by Crippen LogP contribution is -2.40. The Bertz CT molecular complexity index is 674. The van der Waals surface area contributed by atoms with Crippen molar-refractivity contribution >= 4 is 10.0 Å². The monoisotopic (exact) mass is 298 g/mol. The van der Waals surface area contributed by atoms with Crippen LogP contribution in [0.1, 0.15) is 17.0 Å². The van der Waals surface area contributed by atoms with Gasteiger partial charge in [-0.3, -0.25) is 4.63 Å². The second-order valence-corrected chi connectivity index (χ2v) is 5.92. The zero-order chi connectivity index (χ0) is 14.8. The predicted molar refractivity (Wildman–Crippen MR) is 68.5 cm³/mol. The third-order valence-electron chi connectivity index (χ3n) is 2.68. The highest BCUT2D eigenvalue weighted by atomic mass is 32.2. The van der Waals surface area contributed by atoms with Gasteiger partial charge < -0.3 is 5.21 Å². The van der Waals surface area contributed by atoms with Crippen molar-refractivity contribution in [1.82, 2.24) is 15.4 Å². The van der Waals surface area contributed by atoms with Crippen LogP contribution in [0.3, 0.4) is 0 Å². The molecule has 0 spiro atoms. The SMILES string of the molecule is Cc1ccc(S(=O)(=O)NNCc2c(C)no[n+]2[O-])cc1. The van der Waals surface area contributed by atoms with Gasteiger partial charge in [0.15, 0.2) is 0 Å². The highest BCUT2D eigenvalue weighted by Gasteiger charge is 2.17. The summed E-state index contributed by atoms with van der Waals surface area (Å²) in [6.07, 6.45) is 0. The van der Waals surface area contributed by atoms with Crippen LogP contribution in [0.5, 0.6) is 0 Å². The van der Waals surface area contributed by atoms with E-state index in [0.717, 1.165) is 5.56 Å². The van der Waals surface area contributed by atoms with Crippen LogP contribution < -0.4 is 15.2 Å². The topological polar surface area (TPSA) is 111 Å². The Morgan fingerprint density at radius 3 is 2.50 bits per heavy atom. The van der Waals surface area contributed by atoms with Crippen LogP contribution >= 0.6 is 0 Å². The van der Waals surface area contributed by atoms with E-state index in [2.05, 4.69) is 20.0 Å². The summed E-state index contributed by atoms with van der Waals surface area (Å²) >= 11 is 0. The first kappa shape index (κ1) is 14.4. The molecule has 2 N–H and O–H groups in total. The van der Waals surface area contributed by atoms with Crippen LogP contribution in [0, 0.1) is 19.1 Å². The van der Waals surface area contributed by atoms with Gasteiger partial charge in [-0.2, -0.15) is 0 Å². The lowest BCUT2D eigenvalue weighted by Gasteiger charge is -2.07. The van der Waals surface area contributed by atoms with Crippen LogP contribution in [-0.4, -0.2) is 13.6 Å². The zero-order valence-electron chi connectivity index (χ0n) is 11.0. The highest BCUT2D eigenvalue weighted by Crippen LogP contribution is 2.09. The van der Waals surface area contributed by atoms with Gasteiger partial charge in [-0.05, 0) is 24.0 Å². The molecule has 1 aromatic carbocycles. The van der Waals surface area contributed by atoms with Gasteiger partial charge in [0.25, 0.3) is 10.0 Å².